The minimum Gasteiger partial charge on any atom is -0.453 e. The molecule has 7 heteroatoms. The van der Waals surface area contributed by atoms with Crippen molar-refractivity contribution >= 4 is 25.8 Å². The molecule has 0 bridgehead atoms. The van der Waals surface area contributed by atoms with Gasteiger partial charge in [0.15, 0.2) is 5.52 Å². The number of amides is 1. The van der Waals surface area contributed by atoms with Crippen molar-refractivity contribution in [3.05, 3.63) is 12.4 Å². The van der Waals surface area contributed by atoms with E-state index in [-0.39, 0.29) is 20.6 Å². The number of aromatic nitrogens is 2. The van der Waals surface area contributed by atoms with Crippen LogP contribution in [-0.4, -0.2) is 35.2 Å². The van der Waals surface area contributed by atoms with E-state index in [1.807, 2.05) is 0 Å². The molecule has 1 atom stereocenters. The van der Waals surface area contributed by atoms with E-state index in [1.54, 1.807) is 12.4 Å². The Morgan fingerprint density at radius 3 is 3.07 bits per heavy atom. The number of hydrogen-bond donors (Lipinski definition) is 2. The van der Waals surface area contributed by atoms with E-state index in [0.29, 0.717) is 5.57 Å². The second-order valence-corrected chi connectivity index (χ2v) is 3.61. The molecule has 0 aliphatic rings. The zero-order chi connectivity index (χ0) is 10.4. The molecule has 76 valence electrons. The molecule has 1 heterocycles. The molecule has 0 aliphatic heterocycles. The van der Waals surface area contributed by atoms with Gasteiger partial charge in [-0.2, -0.15) is 0 Å². The number of nitrogens with zero attached hydrogens (tertiary/aromatic N) is 1. The van der Waals surface area contributed by atoms with Crippen molar-refractivity contribution in [2.24, 2.45) is 0 Å². The highest BCUT2D eigenvalue weighted by atomic mass is 31.1. The molecular weight excluding hydrogens is 205 g/mol. The summed E-state index contributed by atoms with van der Waals surface area (Å²) < 4.78 is 4.31. The lowest BCUT2D eigenvalue weighted by Gasteiger charge is -2.01. The molecule has 0 fully saturated rings. The van der Waals surface area contributed by atoms with Gasteiger partial charge in [-0.1, -0.05) is 0 Å². The number of H-pyrrole nitrogens is 1. The first-order valence-electron chi connectivity index (χ1n) is 3.83. The van der Waals surface area contributed by atoms with E-state index in [2.05, 4.69) is 20.0 Å². The lowest BCUT2D eigenvalue weighted by atomic mass is 10.7. The van der Waals surface area contributed by atoms with Gasteiger partial charge in [-0.25, -0.2) is 9.78 Å². The highest BCUT2D eigenvalue weighted by Crippen LogP contribution is 2.06. The lowest BCUT2D eigenvalue weighted by Crippen LogP contribution is -2.28. The molecule has 1 aromatic heterocycles. The predicted octanol–water partition coefficient (Wildman–Crippen LogP) is -0.404. The summed E-state index contributed by atoms with van der Waals surface area (Å²) in [6.45, 7) is -0.0359. The smallest absolute Gasteiger partial charge is 0.407 e. The standard InChI is InChI=1S/C7H10N3O3P/c1-13-7(12)10-4-5(11)14-6-8-2-3-9-6/h2-3,14H,4H2,1H3,(H,8,9)(H,10,12). The normalized spacial score (nSPS) is 10.4. The van der Waals surface area contributed by atoms with Crippen LogP contribution >= 0.6 is 8.58 Å². The predicted molar refractivity (Wildman–Crippen MR) is 52.0 cm³/mol. The van der Waals surface area contributed by atoms with E-state index >= 15 is 0 Å². The number of imidazole rings is 1. The van der Waals surface area contributed by atoms with E-state index in [4.69, 9.17) is 0 Å². The number of carbonyl (C=O) groups excluding carboxylic acids is 2. The lowest BCUT2D eigenvalue weighted by molar-refractivity contribution is -0.110. The fraction of sp³-hybridized carbons (Fsp3) is 0.286. The van der Waals surface area contributed by atoms with Crippen LogP contribution in [-0.2, 0) is 9.53 Å². The summed E-state index contributed by atoms with van der Waals surface area (Å²) in [4.78, 5) is 28.5. The van der Waals surface area contributed by atoms with Crippen LogP contribution in [0.25, 0.3) is 0 Å². The molecule has 2 N–H and O–H groups in total. The average molecular weight is 215 g/mol. The van der Waals surface area contributed by atoms with E-state index in [1.165, 1.54) is 7.11 Å². The van der Waals surface area contributed by atoms with Crippen LogP contribution in [0.4, 0.5) is 4.79 Å². The van der Waals surface area contributed by atoms with Crippen molar-refractivity contribution in [1.82, 2.24) is 15.3 Å². The van der Waals surface area contributed by atoms with Gasteiger partial charge in [0, 0.05) is 21.0 Å². The molecule has 0 aliphatic carbocycles. The summed E-state index contributed by atoms with van der Waals surface area (Å²) in [5, 5.41) is 2.30. The summed E-state index contributed by atoms with van der Waals surface area (Å²) in [7, 11) is 1.17. The van der Waals surface area contributed by atoms with Crippen LogP contribution in [0.15, 0.2) is 12.4 Å². The average Bonchev–Trinajstić information content (AvgIpc) is 2.66. The number of carbonyl (C=O) groups is 2. The summed E-state index contributed by atoms with van der Waals surface area (Å²) in [6, 6.07) is 0. The van der Waals surface area contributed by atoms with Crippen LogP contribution in [0.2, 0.25) is 0 Å². The number of rotatable bonds is 4. The number of alkyl carbamates (subject to hydrolysis) is 1. The fourth-order valence-electron chi connectivity index (χ4n) is 0.735. The number of methoxy groups -OCH3 is 1. The van der Waals surface area contributed by atoms with E-state index in [9.17, 15) is 9.59 Å². The number of ether oxygens (including phenoxy) is 1. The Kier molecular flexibility index (Phi) is 4.07. The molecule has 1 amide bonds. The van der Waals surface area contributed by atoms with Gasteiger partial charge in [0.2, 0.25) is 0 Å². The van der Waals surface area contributed by atoms with Crippen molar-refractivity contribution in [2.45, 2.75) is 0 Å². The maximum Gasteiger partial charge on any atom is 0.407 e. The number of aromatic amines is 1. The number of hydrogen-bond acceptors (Lipinski definition) is 4. The monoisotopic (exact) mass is 215 g/mol. The van der Waals surface area contributed by atoms with Gasteiger partial charge in [-0.05, 0) is 0 Å². The Morgan fingerprint density at radius 2 is 2.50 bits per heavy atom. The summed E-state index contributed by atoms with van der Waals surface area (Å²) in [6.07, 6.45) is 2.61. The molecule has 1 rings (SSSR count). The van der Waals surface area contributed by atoms with Gasteiger partial charge in [0.05, 0.1) is 13.7 Å². The van der Waals surface area contributed by atoms with Crippen LogP contribution in [0.3, 0.4) is 0 Å². The van der Waals surface area contributed by atoms with Crippen molar-refractivity contribution in [3.8, 4) is 0 Å². The maximum atomic E-state index is 11.2. The summed E-state index contributed by atoms with van der Waals surface area (Å²) in [5.74, 6) is 0. The van der Waals surface area contributed by atoms with E-state index in [0.717, 1.165) is 0 Å². The third-order valence-electron chi connectivity index (χ3n) is 1.33. The first-order valence-corrected chi connectivity index (χ1v) is 4.83. The van der Waals surface area contributed by atoms with Gasteiger partial charge in [-0.15, -0.1) is 0 Å². The zero-order valence-electron chi connectivity index (χ0n) is 7.53. The van der Waals surface area contributed by atoms with Crippen LogP contribution in [0.5, 0.6) is 0 Å². The third-order valence-corrected chi connectivity index (χ3v) is 2.30. The van der Waals surface area contributed by atoms with Gasteiger partial charge < -0.3 is 15.0 Å². The molecule has 6 nitrogen and oxygen atoms in total. The van der Waals surface area contributed by atoms with Crippen LogP contribution in [0.1, 0.15) is 0 Å². The maximum absolute atomic E-state index is 11.2. The quantitative estimate of drug-likeness (QED) is 0.669. The molecule has 1 aromatic rings. The Bertz CT molecular complexity index is 312. The summed E-state index contributed by atoms with van der Waals surface area (Å²) in [5.41, 5.74) is 0.506. The SMILES string of the molecule is COC(=O)NCC(=O)Pc1ncc[nH]1. The first-order chi connectivity index (χ1) is 6.72. The van der Waals surface area contributed by atoms with Gasteiger partial charge in [0.25, 0.3) is 0 Å². The van der Waals surface area contributed by atoms with Crippen molar-refractivity contribution in [2.75, 3.05) is 13.7 Å². The Balaban J connectivity index is 2.26. The largest absolute Gasteiger partial charge is 0.453 e. The second kappa shape index (κ2) is 5.34. The third kappa shape index (κ3) is 3.53. The van der Waals surface area contributed by atoms with Gasteiger partial charge in [-0.3, -0.25) is 4.79 Å². The molecule has 0 spiro atoms. The van der Waals surface area contributed by atoms with Gasteiger partial charge in [0.1, 0.15) is 5.57 Å². The minimum atomic E-state index is -0.609. The highest BCUT2D eigenvalue weighted by molar-refractivity contribution is 7.64. The highest BCUT2D eigenvalue weighted by Gasteiger charge is 2.07. The summed E-state index contributed by atoms with van der Waals surface area (Å²) >= 11 is 0. The topological polar surface area (TPSA) is 84.1 Å². The van der Waals surface area contributed by atoms with Gasteiger partial charge >= 0.3 is 6.09 Å². The molecule has 0 aromatic carbocycles. The first kappa shape index (κ1) is 10.7. The molecule has 0 saturated heterocycles. The van der Waals surface area contributed by atoms with Crippen molar-refractivity contribution in [3.63, 3.8) is 0 Å². The Morgan fingerprint density at radius 1 is 1.71 bits per heavy atom. The zero-order valence-corrected chi connectivity index (χ0v) is 8.53. The Labute approximate surface area is 82.2 Å². The fourth-order valence-corrected chi connectivity index (χ4v) is 1.47. The van der Waals surface area contributed by atoms with Crippen LogP contribution < -0.4 is 10.9 Å². The van der Waals surface area contributed by atoms with Crippen molar-refractivity contribution < 1.29 is 14.3 Å². The van der Waals surface area contributed by atoms with Crippen molar-refractivity contribution in [1.29, 1.82) is 0 Å². The molecule has 0 radical (unpaired) electrons. The molecular formula is C7H10N3O3P. The molecule has 14 heavy (non-hydrogen) atoms. The second-order valence-electron chi connectivity index (χ2n) is 2.33. The minimum absolute atomic E-state index is 0.0359. The van der Waals surface area contributed by atoms with E-state index < -0.39 is 6.09 Å². The number of nitrogens with one attached hydrogen (secondary N) is 2. The van der Waals surface area contributed by atoms with Crippen LogP contribution in [0, 0.1) is 0 Å². The molecule has 0 saturated carbocycles. The Hall–Kier alpha value is -1.42. The molecule has 1 unspecified atom stereocenters.